The molecule has 0 radical (unpaired) electrons. The van der Waals surface area contributed by atoms with E-state index in [-0.39, 0.29) is 26.0 Å². The molecule has 0 saturated heterocycles. The van der Waals surface area contributed by atoms with E-state index >= 15 is 0 Å². The maximum Gasteiger partial charge on any atom is 0.231 e. The molecule has 0 saturated carbocycles. The predicted molar refractivity (Wildman–Crippen MR) is 62.0 cm³/mol. The molecule has 0 aromatic heterocycles. The molecular weight excluding hydrogens is 222 g/mol. The van der Waals surface area contributed by atoms with Gasteiger partial charge in [0.15, 0.2) is 11.5 Å². The number of rotatable bonds is 6. The van der Waals surface area contributed by atoms with Crippen LogP contribution in [0.3, 0.4) is 0 Å². The lowest BCUT2D eigenvalue weighted by Gasteiger charge is -2.14. The first kappa shape index (κ1) is 12.2. The maximum absolute atomic E-state index is 9.07. The van der Waals surface area contributed by atoms with E-state index < -0.39 is 0 Å². The first-order valence-corrected chi connectivity index (χ1v) is 5.67. The Morgan fingerprint density at radius 2 is 2.06 bits per heavy atom. The van der Waals surface area contributed by atoms with Crippen molar-refractivity contribution in [1.82, 2.24) is 5.32 Å². The van der Waals surface area contributed by atoms with Gasteiger partial charge in [-0.25, -0.2) is 0 Å². The topological polar surface area (TPSA) is 71.0 Å². The highest BCUT2D eigenvalue weighted by atomic mass is 16.7. The summed E-state index contributed by atoms with van der Waals surface area (Å²) >= 11 is 0. The predicted octanol–water partition coefficient (Wildman–Crippen LogP) is 0.248. The average Bonchev–Trinajstić information content (AvgIpc) is 2.81. The lowest BCUT2D eigenvalue weighted by Crippen LogP contribution is -2.32. The molecule has 1 aromatic rings. The lowest BCUT2D eigenvalue weighted by atomic mass is 10.1. The van der Waals surface area contributed by atoms with Gasteiger partial charge in [-0.05, 0) is 24.1 Å². The first-order chi connectivity index (χ1) is 8.33. The van der Waals surface area contributed by atoms with Crippen molar-refractivity contribution in [2.75, 3.05) is 20.0 Å². The first-order valence-electron chi connectivity index (χ1n) is 5.67. The summed E-state index contributed by atoms with van der Waals surface area (Å²) in [6, 6.07) is 5.67. The summed E-state index contributed by atoms with van der Waals surface area (Å²) < 4.78 is 10.5. The Hall–Kier alpha value is -1.30. The smallest absolute Gasteiger partial charge is 0.231 e. The number of ether oxygens (including phenoxy) is 2. The summed E-state index contributed by atoms with van der Waals surface area (Å²) in [6.45, 7) is 0.988. The van der Waals surface area contributed by atoms with Gasteiger partial charge in [-0.15, -0.1) is 0 Å². The van der Waals surface area contributed by atoms with Gasteiger partial charge in [0.25, 0.3) is 0 Å². The largest absolute Gasteiger partial charge is 0.454 e. The van der Waals surface area contributed by atoms with Crippen molar-refractivity contribution >= 4 is 0 Å². The molecule has 5 nitrogen and oxygen atoms in total. The van der Waals surface area contributed by atoms with Gasteiger partial charge in [0.05, 0.1) is 6.61 Å². The fraction of sp³-hybridized carbons (Fsp3) is 0.500. The van der Waals surface area contributed by atoms with Crippen molar-refractivity contribution in [3.05, 3.63) is 23.8 Å². The maximum atomic E-state index is 9.07. The number of nitrogens with one attached hydrogen (secondary N) is 1. The molecule has 5 heteroatoms. The molecule has 17 heavy (non-hydrogen) atoms. The third-order valence-corrected chi connectivity index (χ3v) is 2.73. The van der Waals surface area contributed by atoms with E-state index in [1.165, 1.54) is 0 Å². The van der Waals surface area contributed by atoms with Gasteiger partial charge in [0.2, 0.25) is 6.79 Å². The standard InChI is InChI=1S/C12H17NO4/c14-4-3-10(7-15)13-6-9-1-2-11-12(5-9)17-8-16-11/h1-2,5,10,13-15H,3-4,6-8H2. The van der Waals surface area contributed by atoms with E-state index in [0.717, 1.165) is 17.1 Å². The van der Waals surface area contributed by atoms with Crippen LogP contribution < -0.4 is 14.8 Å². The molecule has 0 amide bonds. The van der Waals surface area contributed by atoms with E-state index in [1.807, 2.05) is 18.2 Å². The number of hydrogen-bond acceptors (Lipinski definition) is 5. The molecule has 1 aliphatic heterocycles. The second-order valence-electron chi connectivity index (χ2n) is 3.96. The summed E-state index contributed by atoms with van der Waals surface area (Å²) in [4.78, 5) is 0. The second kappa shape index (κ2) is 5.86. The van der Waals surface area contributed by atoms with Crippen LogP contribution in [0.25, 0.3) is 0 Å². The Kier molecular flexibility index (Phi) is 4.19. The molecule has 1 aromatic carbocycles. The van der Waals surface area contributed by atoms with Crippen molar-refractivity contribution in [2.45, 2.75) is 19.0 Å². The number of aliphatic hydroxyl groups is 2. The third kappa shape index (κ3) is 3.09. The number of hydrogen-bond donors (Lipinski definition) is 3. The van der Waals surface area contributed by atoms with Crippen LogP contribution in [0.1, 0.15) is 12.0 Å². The van der Waals surface area contributed by atoms with Crippen LogP contribution in [-0.2, 0) is 6.54 Å². The monoisotopic (exact) mass is 239 g/mol. The average molecular weight is 239 g/mol. The highest BCUT2D eigenvalue weighted by Crippen LogP contribution is 2.32. The van der Waals surface area contributed by atoms with E-state index in [0.29, 0.717) is 13.0 Å². The zero-order valence-corrected chi connectivity index (χ0v) is 9.56. The third-order valence-electron chi connectivity index (χ3n) is 2.73. The molecule has 1 heterocycles. The van der Waals surface area contributed by atoms with E-state index in [9.17, 15) is 0 Å². The minimum atomic E-state index is -0.0783. The molecule has 3 N–H and O–H groups in total. The second-order valence-corrected chi connectivity index (χ2v) is 3.96. The van der Waals surface area contributed by atoms with Gasteiger partial charge in [-0.2, -0.15) is 0 Å². The quantitative estimate of drug-likeness (QED) is 0.663. The van der Waals surface area contributed by atoms with Gasteiger partial charge in [-0.1, -0.05) is 6.07 Å². The molecule has 0 fully saturated rings. The molecule has 94 valence electrons. The Bertz CT molecular complexity index is 370. The Labute approximate surface area is 100.0 Å². The van der Waals surface area contributed by atoms with Crippen LogP contribution in [0.2, 0.25) is 0 Å². The van der Waals surface area contributed by atoms with Gasteiger partial charge >= 0.3 is 0 Å². The molecule has 0 spiro atoms. The fourth-order valence-corrected chi connectivity index (χ4v) is 1.73. The normalized spacial score (nSPS) is 14.9. The molecule has 1 unspecified atom stereocenters. The molecule has 0 bridgehead atoms. The summed E-state index contributed by atoms with van der Waals surface area (Å²) in [7, 11) is 0. The van der Waals surface area contributed by atoms with Crippen molar-refractivity contribution in [1.29, 1.82) is 0 Å². The zero-order valence-electron chi connectivity index (χ0n) is 9.56. The van der Waals surface area contributed by atoms with Gasteiger partial charge in [0, 0.05) is 19.2 Å². The SMILES string of the molecule is OCCC(CO)NCc1ccc2c(c1)OCO2. The number of fused-ring (bicyclic) bond motifs is 1. The highest BCUT2D eigenvalue weighted by Gasteiger charge is 2.13. The van der Waals surface area contributed by atoms with Crippen LogP contribution in [0.15, 0.2) is 18.2 Å². The lowest BCUT2D eigenvalue weighted by molar-refractivity contribution is 0.174. The Morgan fingerprint density at radius 3 is 2.82 bits per heavy atom. The fourth-order valence-electron chi connectivity index (χ4n) is 1.73. The Balaban J connectivity index is 1.90. The summed E-state index contributed by atoms with van der Waals surface area (Å²) in [5.74, 6) is 1.52. The molecular formula is C12H17NO4. The van der Waals surface area contributed by atoms with E-state index in [4.69, 9.17) is 19.7 Å². The van der Waals surface area contributed by atoms with Gasteiger partial charge in [0.1, 0.15) is 0 Å². The van der Waals surface area contributed by atoms with E-state index in [1.54, 1.807) is 0 Å². The minimum absolute atomic E-state index is 0.0190. The van der Waals surface area contributed by atoms with E-state index in [2.05, 4.69) is 5.32 Å². The van der Waals surface area contributed by atoms with Crippen molar-refractivity contribution in [3.63, 3.8) is 0 Å². The van der Waals surface area contributed by atoms with Crippen LogP contribution in [0, 0.1) is 0 Å². The molecule has 0 aliphatic carbocycles. The van der Waals surface area contributed by atoms with Gasteiger partial charge in [-0.3, -0.25) is 0 Å². The van der Waals surface area contributed by atoms with Crippen LogP contribution in [0.4, 0.5) is 0 Å². The number of aliphatic hydroxyl groups excluding tert-OH is 2. The summed E-state index contributed by atoms with van der Waals surface area (Å²) in [6.07, 6.45) is 0.543. The van der Waals surface area contributed by atoms with Crippen LogP contribution >= 0.6 is 0 Å². The van der Waals surface area contributed by atoms with Gasteiger partial charge < -0.3 is 25.0 Å². The highest BCUT2D eigenvalue weighted by molar-refractivity contribution is 5.44. The van der Waals surface area contributed by atoms with Crippen molar-refractivity contribution in [2.24, 2.45) is 0 Å². The van der Waals surface area contributed by atoms with Crippen molar-refractivity contribution in [3.8, 4) is 11.5 Å². The van der Waals surface area contributed by atoms with Crippen LogP contribution in [-0.4, -0.2) is 36.3 Å². The molecule has 1 atom stereocenters. The minimum Gasteiger partial charge on any atom is -0.454 e. The number of benzene rings is 1. The Morgan fingerprint density at radius 1 is 1.24 bits per heavy atom. The summed E-state index contributed by atoms with van der Waals surface area (Å²) in [5.41, 5.74) is 1.06. The zero-order chi connectivity index (χ0) is 12.1. The molecule has 1 aliphatic rings. The summed E-state index contributed by atoms with van der Waals surface area (Å²) in [5, 5.41) is 21.0. The molecule has 2 rings (SSSR count). The van der Waals surface area contributed by atoms with Crippen LogP contribution in [0.5, 0.6) is 11.5 Å². The van der Waals surface area contributed by atoms with Crippen molar-refractivity contribution < 1.29 is 19.7 Å².